The molecule has 2 fully saturated rings. The van der Waals surface area contributed by atoms with Crippen molar-refractivity contribution in [3.63, 3.8) is 0 Å². The number of ether oxygens (including phenoxy) is 1. The predicted octanol–water partition coefficient (Wildman–Crippen LogP) is 2.84. The molecule has 41 heavy (non-hydrogen) atoms. The number of nitrogens with one attached hydrogen (secondary N) is 3. The SMILES string of the molecule is Cc1cc(Cc2ccc(C(=O)NC3CN(C(=O)OC(C)(C)C)CC34C(=O)NC(=O)NC4=O)cc2)c2ccccc2n1. The number of para-hydroxylation sites is 1. The van der Waals surface area contributed by atoms with Gasteiger partial charge in [0.15, 0.2) is 5.41 Å². The molecule has 11 nitrogen and oxygen atoms in total. The standard InChI is InChI=1S/C30H31N5O6/c1-17-13-20(21-7-5-6-8-22(21)31-17)14-18-9-11-19(12-10-18)24(36)32-23-15-35(28(40)41-29(2,3)4)16-30(23)25(37)33-27(39)34-26(30)38/h5-13,23H,14-16H2,1-4H3,(H,32,36)(H2,33,34,37,38,39). The van der Waals surface area contributed by atoms with Gasteiger partial charge in [-0.3, -0.25) is 30.0 Å². The summed E-state index contributed by atoms with van der Waals surface area (Å²) in [6.07, 6.45) is -0.106. The molecule has 11 heteroatoms. The number of aromatic nitrogens is 1. The highest BCUT2D eigenvalue weighted by atomic mass is 16.6. The van der Waals surface area contributed by atoms with Crippen molar-refractivity contribution in [3.8, 4) is 0 Å². The van der Waals surface area contributed by atoms with E-state index in [1.165, 1.54) is 4.90 Å². The predicted molar refractivity (Wildman–Crippen MR) is 149 cm³/mol. The van der Waals surface area contributed by atoms with Gasteiger partial charge in [-0.25, -0.2) is 9.59 Å². The van der Waals surface area contributed by atoms with Crippen molar-refractivity contribution in [2.75, 3.05) is 13.1 Å². The Hall–Kier alpha value is -4.80. The number of pyridine rings is 1. The summed E-state index contributed by atoms with van der Waals surface area (Å²) in [5.74, 6) is -2.31. The van der Waals surface area contributed by atoms with E-state index < -0.39 is 46.9 Å². The molecule has 2 aliphatic heterocycles. The molecule has 1 spiro atoms. The van der Waals surface area contributed by atoms with Crippen LogP contribution in [0.2, 0.25) is 0 Å². The van der Waals surface area contributed by atoms with Gasteiger partial charge in [-0.05, 0) is 69.5 Å². The van der Waals surface area contributed by atoms with Crippen LogP contribution >= 0.6 is 0 Å². The fourth-order valence-electron chi connectivity index (χ4n) is 5.29. The van der Waals surface area contributed by atoms with Crippen LogP contribution in [0.25, 0.3) is 10.9 Å². The molecule has 2 aliphatic rings. The number of fused-ring (bicyclic) bond motifs is 1. The summed E-state index contributed by atoms with van der Waals surface area (Å²) in [6, 6.07) is 14.9. The largest absolute Gasteiger partial charge is 0.444 e. The second kappa shape index (κ2) is 10.3. The first kappa shape index (κ1) is 27.8. The van der Waals surface area contributed by atoms with Crippen LogP contribution in [0.4, 0.5) is 9.59 Å². The minimum atomic E-state index is -1.90. The van der Waals surface area contributed by atoms with E-state index in [4.69, 9.17) is 4.74 Å². The van der Waals surface area contributed by atoms with E-state index in [9.17, 15) is 24.0 Å². The fourth-order valence-corrected chi connectivity index (χ4v) is 5.29. The Labute approximate surface area is 236 Å². The number of likely N-dealkylation sites (tertiary alicyclic amines) is 1. The number of urea groups is 1. The third-order valence-electron chi connectivity index (χ3n) is 7.20. The molecule has 5 rings (SSSR count). The fraction of sp³-hybridized carbons (Fsp3) is 0.333. The van der Waals surface area contributed by atoms with Gasteiger partial charge < -0.3 is 15.0 Å². The minimum Gasteiger partial charge on any atom is -0.444 e. The van der Waals surface area contributed by atoms with Gasteiger partial charge in [-0.1, -0.05) is 30.3 Å². The number of barbiturate groups is 1. The molecular weight excluding hydrogens is 526 g/mol. The average molecular weight is 558 g/mol. The summed E-state index contributed by atoms with van der Waals surface area (Å²) < 4.78 is 5.42. The minimum absolute atomic E-state index is 0.164. The van der Waals surface area contributed by atoms with Gasteiger partial charge >= 0.3 is 12.1 Å². The molecule has 3 N–H and O–H groups in total. The molecule has 0 aliphatic carbocycles. The van der Waals surface area contributed by atoms with E-state index in [1.54, 1.807) is 32.9 Å². The second-order valence-electron chi connectivity index (χ2n) is 11.4. The molecule has 0 saturated carbocycles. The van der Waals surface area contributed by atoms with E-state index in [1.807, 2.05) is 49.4 Å². The lowest BCUT2D eigenvalue weighted by Crippen LogP contribution is -2.69. The van der Waals surface area contributed by atoms with Crippen LogP contribution < -0.4 is 16.0 Å². The summed E-state index contributed by atoms with van der Waals surface area (Å²) in [5, 5.41) is 8.00. The van der Waals surface area contributed by atoms with Crippen LogP contribution in [0.1, 0.15) is 48.0 Å². The normalized spacial score (nSPS) is 18.3. The Kier molecular flexibility index (Phi) is 6.98. The summed E-state index contributed by atoms with van der Waals surface area (Å²) in [6.45, 7) is 6.49. The topological polar surface area (TPSA) is 147 Å². The van der Waals surface area contributed by atoms with Crippen LogP contribution in [0.15, 0.2) is 54.6 Å². The monoisotopic (exact) mass is 557 g/mol. The third kappa shape index (κ3) is 5.47. The van der Waals surface area contributed by atoms with Crippen molar-refractivity contribution in [1.82, 2.24) is 25.8 Å². The van der Waals surface area contributed by atoms with E-state index >= 15 is 0 Å². The quantitative estimate of drug-likeness (QED) is 0.418. The lowest BCUT2D eigenvalue weighted by molar-refractivity contribution is -0.144. The average Bonchev–Trinajstić information content (AvgIpc) is 3.27. The van der Waals surface area contributed by atoms with Crippen LogP contribution in [0.3, 0.4) is 0 Å². The molecule has 3 heterocycles. The van der Waals surface area contributed by atoms with E-state index in [2.05, 4.69) is 20.9 Å². The van der Waals surface area contributed by atoms with E-state index in [-0.39, 0.29) is 13.1 Å². The first-order valence-corrected chi connectivity index (χ1v) is 13.3. The maximum Gasteiger partial charge on any atom is 0.410 e. The Morgan fingerprint density at radius 3 is 2.37 bits per heavy atom. The van der Waals surface area contributed by atoms with Crippen molar-refractivity contribution in [2.24, 2.45) is 5.41 Å². The van der Waals surface area contributed by atoms with Crippen LogP contribution in [0.5, 0.6) is 0 Å². The zero-order valence-corrected chi connectivity index (χ0v) is 23.2. The number of carbonyl (C=O) groups is 5. The number of aryl methyl sites for hydroxylation is 1. The Morgan fingerprint density at radius 2 is 1.71 bits per heavy atom. The molecule has 1 unspecified atom stereocenters. The highest BCUT2D eigenvalue weighted by molar-refractivity contribution is 6.20. The van der Waals surface area contributed by atoms with Gasteiger partial charge in [-0.15, -0.1) is 0 Å². The van der Waals surface area contributed by atoms with Crippen LogP contribution in [-0.4, -0.2) is 64.5 Å². The summed E-state index contributed by atoms with van der Waals surface area (Å²) in [7, 11) is 0. The molecule has 212 valence electrons. The second-order valence-corrected chi connectivity index (χ2v) is 11.4. The van der Waals surface area contributed by atoms with Gasteiger partial charge in [-0.2, -0.15) is 0 Å². The summed E-state index contributed by atoms with van der Waals surface area (Å²) in [5.41, 5.74) is 1.52. The van der Waals surface area contributed by atoms with Crippen molar-refractivity contribution >= 4 is 40.7 Å². The Bertz CT molecular complexity index is 1560. The van der Waals surface area contributed by atoms with Gasteiger partial charge in [0.1, 0.15) is 5.60 Å². The maximum atomic E-state index is 13.3. The van der Waals surface area contributed by atoms with Crippen molar-refractivity contribution in [2.45, 2.75) is 45.8 Å². The number of hydrogen-bond acceptors (Lipinski definition) is 7. The zero-order chi connectivity index (χ0) is 29.5. The molecule has 2 aromatic carbocycles. The van der Waals surface area contributed by atoms with E-state index in [0.717, 1.165) is 27.7 Å². The lowest BCUT2D eigenvalue weighted by Gasteiger charge is -2.34. The maximum absolute atomic E-state index is 13.3. The van der Waals surface area contributed by atoms with Crippen molar-refractivity contribution < 1.29 is 28.7 Å². The number of carbonyl (C=O) groups excluding carboxylic acids is 5. The molecule has 1 atom stereocenters. The van der Waals surface area contributed by atoms with Crippen molar-refractivity contribution in [1.29, 1.82) is 0 Å². The Morgan fingerprint density at radius 1 is 1.05 bits per heavy atom. The zero-order valence-electron chi connectivity index (χ0n) is 23.2. The molecule has 1 aromatic heterocycles. The molecule has 0 bridgehead atoms. The lowest BCUT2D eigenvalue weighted by atomic mass is 9.79. The van der Waals surface area contributed by atoms with Crippen molar-refractivity contribution in [3.05, 3.63) is 77.0 Å². The van der Waals surface area contributed by atoms with Gasteiger partial charge in [0, 0.05) is 29.7 Å². The number of hydrogen-bond donors (Lipinski definition) is 3. The number of rotatable bonds is 4. The molecule has 3 aromatic rings. The Balaban J connectivity index is 1.36. The number of amides is 6. The van der Waals surface area contributed by atoms with Gasteiger partial charge in [0.25, 0.3) is 5.91 Å². The molecular formula is C30H31N5O6. The number of nitrogens with zero attached hydrogens (tertiary/aromatic N) is 2. The van der Waals surface area contributed by atoms with Crippen LogP contribution in [-0.2, 0) is 20.7 Å². The highest BCUT2D eigenvalue weighted by Gasteiger charge is 2.62. The smallest absolute Gasteiger partial charge is 0.410 e. The first-order valence-electron chi connectivity index (χ1n) is 13.3. The summed E-state index contributed by atoms with van der Waals surface area (Å²) >= 11 is 0. The number of imide groups is 2. The number of benzene rings is 2. The van der Waals surface area contributed by atoms with Gasteiger partial charge in [0.2, 0.25) is 11.8 Å². The molecule has 6 amide bonds. The van der Waals surface area contributed by atoms with Gasteiger partial charge in [0.05, 0.1) is 11.6 Å². The highest BCUT2D eigenvalue weighted by Crippen LogP contribution is 2.34. The van der Waals surface area contributed by atoms with Crippen LogP contribution in [0, 0.1) is 12.3 Å². The summed E-state index contributed by atoms with van der Waals surface area (Å²) in [4.78, 5) is 69.7. The first-order chi connectivity index (χ1) is 19.4. The molecule has 0 radical (unpaired) electrons. The molecule has 2 saturated heterocycles. The van der Waals surface area contributed by atoms with E-state index in [0.29, 0.717) is 12.0 Å². The third-order valence-corrected chi connectivity index (χ3v) is 7.20.